The third-order valence-electron chi connectivity index (χ3n) is 8.53. The average molecular weight is 478 g/mol. The Kier molecular flexibility index (Phi) is 6.73. The molecule has 1 saturated heterocycles. The highest BCUT2D eigenvalue weighted by molar-refractivity contribution is 5.95. The molecule has 1 amide bonds. The summed E-state index contributed by atoms with van der Waals surface area (Å²) in [4.78, 5) is 17.8. The molecule has 2 saturated carbocycles. The smallest absolute Gasteiger partial charge is 0.376 e. The van der Waals surface area contributed by atoms with Crippen molar-refractivity contribution in [2.75, 3.05) is 13.1 Å². The van der Waals surface area contributed by atoms with Crippen LogP contribution in [0, 0.1) is 16.7 Å². The Balaban J connectivity index is 1.42. The number of likely N-dealkylation sites (tertiary alicyclic amines) is 1. The van der Waals surface area contributed by atoms with Gasteiger partial charge in [0.15, 0.2) is 5.60 Å². The van der Waals surface area contributed by atoms with Crippen LogP contribution < -0.4 is 0 Å². The fraction of sp³-hybridized carbons (Fsp3) is 0.692. The maximum Gasteiger partial charge on any atom is 0.421 e. The summed E-state index contributed by atoms with van der Waals surface area (Å²) in [6, 6.07) is 8.21. The van der Waals surface area contributed by atoms with E-state index in [2.05, 4.69) is 17.9 Å². The lowest BCUT2D eigenvalue weighted by Crippen LogP contribution is -2.55. The van der Waals surface area contributed by atoms with Gasteiger partial charge in [-0.3, -0.25) is 9.69 Å². The Morgan fingerprint density at radius 1 is 1.18 bits per heavy atom. The third-order valence-corrected chi connectivity index (χ3v) is 8.53. The number of hydrogen-bond donors (Lipinski definition) is 1. The minimum atomic E-state index is -4.80. The zero-order chi connectivity index (χ0) is 24.7. The van der Waals surface area contributed by atoms with E-state index in [0.717, 1.165) is 58.5 Å². The van der Waals surface area contributed by atoms with Crippen LogP contribution in [0.1, 0.15) is 81.1 Å². The predicted octanol–water partition coefficient (Wildman–Crippen LogP) is 5.00. The molecule has 34 heavy (non-hydrogen) atoms. The first-order valence-electron chi connectivity index (χ1n) is 12.3. The number of carbonyl (C=O) groups excluding carboxylic acids is 1. The van der Waals surface area contributed by atoms with Crippen LogP contribution in [-0.2, 0) is 5.60 Å². The standard InChI is InChI=1S/C26H34F3N3O2/c1-18(25(14-15-30)12-3-13-25)31-16-10-22(11-17-31)32(21-8-9-21)23(33)19-4-6-20(7-5-19)24(2,34)26(27,28)29/h4-7,18,21-22,34H,3,8-14,16-17H2,1-2H3. The Morgan fingerprint density at radius 3 is 2.18 bits per heavy atom. The maximum atomic E-state index is 13.4. The monoisotopic (exact) mass is 477 g/mol. The van der Waals surface area contributed by atoms with E-state index in [1.807, 2.05) is 4.90 Å². The van der Waals surface area contributed by atoms with E-state index < -0.39 is 11.8 Å². The van der Waals surface area contributed by atoms with Crippen molar-refractivity contribution in [2.45, 2.75) is 95.1 Å². The Labute approximate surface area is 199 Å². The van der Waals surface area contributed by atoms with Gasteiger partial charge >= 0.3 is 6.18 Å². The molecule has 1 N–H and O–H groups in total. The number of amides is 1. The maximum absolute atomic E-state index is 13.4. The summed E-state index contributed by atoms with van der Waals surface area (Å²) < 4.78 is 39.4. The van der Waals surface area contributed by atoms with Crippen molar-refractivity contribution < 1.29 is 23.1 Å². The van der Waals surface area contributed by atoms with Gasteiger partial charge < -0.3 is 10.0 Å². The quantitative estimate of drug-likeness (QED) is 0.600. The summed E-state index contributed by atoms with van der Waals surface area (Å²) in [5.41, 5.74) is -2.78. The highest BCUT2D eigenvalue weighted by Gasteiger charge is 2.51. The van der Waals surface area contributed by atoms with Crippen molar-refractivity contribution in [1.29, 1.82) is 5.26 Å². The predicted molar refractivity (Wildman–Crippen MR) is 122 cm³/mol. The minimum absolute atomic E-state index is 0.104. The fourth-order valence-corrected chi connectivity index (χ4v) is 5.70. The first-order valence-corrected chi connectivity index (χ1v) is 12.3. The first-order chi connectivity index (χ1) is 16.0. The normalized spacial score (nSPS) is 23.9. The van der Waals surface area contributed by atoms with Crippen molar-refractivity contribution >= 4 is 5.91 Å². The van der Waals surface area contributed by atoms with Gasteiger partial charge in [-0.25, -0.2) is 0 Å². The number of nitriles is 1. The summed E-state index contributed by atoms with van der Waals surface area (Å²) in [6.07, 6.45) is 2.81. The van der Waals surface area contributed by atoms with Gasteiger partial charge in [0.2, 0.25) is 0 Å². The molecule has 5 nitrogen and oxygen atoms in total. The molecule has 1 aromatic carbocycles. The Morgan fingerprint density at radius 2 is 1.74 bits per heavy atom. The van der Waals surface area contributed by atoms with Gasteiger partial charge in [-0.2, -0.15) is 18.4 Å². The van der Waals surface area contributed by atoms with Crippen molar-refractivity contribution in [3.8, 4) is 6.07 Å². The summed E-state index contributed by atoms with van der Waals surface area (Å²) in [5.74, 6) is -0.146. The van der Waals surface area contributed by atoms with Gasteiger partial charge in [0.25, 0.3) is 5.91 Å². The van der Waals surface area contributed by atoms with Crippen molar-refractivity contribution in [2.24, 2.45) is 5.41 Å². The summed E-state index contributed by atoms with van der Waals surface area (Å²) in [7, 11) is 0. The molecule has 8 heteroatoms. The SMILES string of the molecule is CC(N1CCC(N(C(=O)c2ccc(C(C)(O)C(F)(F)F)cc2)C2CC2)CC1)C1(CC#N)CCC1. The molecule has 3 aliphatic rings. The molecule has 1 aliphatic heterocycles. The lowest BCUT2D eigenvalue weighted by atomic mass is 9.62. The van der Waals surface area contributed by atoms with E-state index in [9.17, 15) is 28.3 Å². The molecular weight excluding hydrogens is 443 g/mol. The van der Waals surface area contributed by atoms with Crippen LogP contribution in [0.2, 0.25) is 0 Å². The van der Waals surface area contributed by atoms with Crippen LogP contribution >= 0.6 is 0 Å². The van der Waals surface area contributed by atoms with E-state index in [4.69, 9.17) is 0 Å². The lowest BCUT2D eigenvalue weighted by Gasteiger charge is -2.51. The third kappa shape index (κ3) is 4.57. The van der Waals surface area contributed by atoms with E-state index in [0.29, 0.717) is 18.0 Å². The number of hydrogen-bond acceptors (Lipinski definition) is 4. The second kappa shape index (κ2) is 9.16. The Hall–Kier alpha value is -2.11. The number of carbonyl (C=O) groups is 1. The molecule has 2 aliphatic carbocycles. The van der Waals surface area contributed by atoms with Gasteiger partial charge in [0, 0.05) is 43.2 Å². The molecule has 1 aromatic rings. The molecule has 1 heterocycles. The van der Waals surface area contributed by atoms with Crippen LogP contribution in [0.15, 0.2) is 24.3 Å². The highest BCUT2D eigenvalue weighted by Crippen LogP contribution is 2.49. The lowest BCUT2D eigenvalue weighted by molar-refractivity contribution is -0.258. The van der Waals surface area contributed by atoms with Crippen LogP contribution in [-0.4, -0.2) is 58.2 Å². The van der Waals surface area contributed by atoms with Gasteiger partial charge in [0.05, 0.1) is 6.07 Å². The van der Waals surface area contributed by atoms with Crippen molar-refractivity contribution in [3.63, 3.8) is 0 Å². The number of alkyl halides is 3. The largest absolute Gasteiger partial charge is 0.421 e. The molecule has 0 aromatic heterocycles. The van der Waals surface area contributed by atoms with Gasteiger partial charge in [0.1, 0.15) is 0 Å². The van der Waals surface area contributed by atoms with E-state index in [1.54, 1.807) is 0 Å². The number of benzene rings is 1. The topological polar surface area (TPSA) is 67.6 Å². The number of piperidine rings is 1. The molecule has 3 fully saturated rings. The fourth-order valence-electron chi connectivity index (χ4n) is 5.70. The molecule has 2 atom stereocenters. The van der Waals surface area contributed by atoms with E-state index >= 15 is 0 Å². The van der Waals surface area contributed by atoms with Gasteiger partial charge in [-0.15, -0.1) is 0 Å². The van der Waals surface area contributed by atoms with Crippen molar-refractivity contribution in [1.82, 2.24) is 9.80 Å². The second-order valence-corrected chi connectivity index (χ2v) is 10.6. The molecule has 0 bridgehead atoms. The average Bonchev–Trinajstić information content (AvgIpc) is 3.61. The molecule has 186 valence electrons. The van der Waals surface area contributed by atoms with Crippen molar-refractivity contribution in [3.05, 3.63) is 35.4 Å². The molecule has 0 spiro atoms. The number of nitrogens with zero attached hydrogens (tertiary/aromatic N) is 3. The number of halogens is 3. The number of aliphatic hydroxyl groups is 1. The van der Waals surface area contributed by atoms with E-state index in [-0.39, 0.29) is 29.0 Å². The highest BCUT2D eigenvalue weighted by atomic mass is 19.4. The zero-order valence-corrected chi connectivity index (χ0v) is 19.9. The van der Waals surface area contributed by atoms with Gasteiger partial charge in [-0.1, -0.05) is 18.6 Å². The zero-order valence-electron chi connectivity index (χ0n) is 19.9. The van der Waals surface area contributed by atoms with Crippen LogP contribution in [0.3, 0.4) is 0 Å². The first kappa shape index (κ1) is 25.0. The second-order valence-electron chi connectivity index (χ2n) is 10.6. The summed E-state index contributed by atoms with van der Waals surface area (Å²) >= 11 is 0. The molecular formula is C26H34F3N3O2. The van der Waals surface area contributed by atoms with Crippen LogP contribution in [0.4, 0.5) is 13.2 Å². The molecule has 2 unspecified atom stereocenters. The molecule has 0 radical (unpaired) electrons. The summed E-state index contributed by atoms with van der Waals surface area (Å²) in [6.45, 7) is 4.71. The van der Waals surface area contributed by atoms with Crippen LogP contribution in [0.25, 0.3) is 0 Å². The number of rotatable bonds is 7. The van der Waals surface area contributed by atoms with Crippen LogP contribution in [0.5, 0.6) is 0 Å². The van der Waals surface area contributed by atoms with Gasteiger partial charge in [-0.05, 0) is 75.5 Å². The minimum Gasteiger partial charge on any atom is -0.376 e. The Bertz CT molecular complexity index is 922. The van der Waals surface area contributed by atoms with E-state index in [1.165, 1.54) is 30.7 Å². The molecule has 4 rings (SSSR count). The summed E-state index contributed by atoms with van der Waals surface area (Å²) in [5, 5.41) is 19.2.